The second-order valence-electron chi connectivity index (χ2n) is 5.51. The summed E-state index contributed by atoms with van der Waals surface area (Å²) in [4.78, 5) is 21.5. The van der Waals surface area contributed by atoms with Crippen LogP contribution < -0.4 is 21.2 Å². The van der Waals surface area contributed by atoms with Gasteiger partial charge in [0.2, 0.25) is 11.8 Å². The topological polar surface area (TPSA) is 107 Å². The molecule has 0 unspecified atom stereocenters. The predicted molar refractivity (Wildman–Crippen MR) is 101 cm³/mol. The number of carbonyl (C=O) groups excluding carboxylic acids is 1. The smallest absolute Gasteiger partial charge is 0.231 e. The first-order valence-corrected chi connectivity index (χ1v) is 8.65. The first-order chi connectivity index (χ1) is 11.8. The van der Waals surface area contributed by atoms with Gasteiger partial charge in [-0.25, -0.2) is 0 Å². The van der Waals surface area contributed by atoms with Gasteiger partial charge in [0, 0.05) is 17.4 Å². The first kappa shape index (κ1) is 20.8. The number of aliphatic hydroxyl groups is 2. The maximum atomic E-state index is 12.0. The number of aryl methyl sites for hydroxylation is 1. The maximum Gasteiger partial charge on any atom is 0.231 e. The summed E-state index contributed by atoms with van der Waals surface area (Å²) >= 11 is 3.13. The number of amides is 1. The lowest BCUT2D eigenvalue weighted by molar-refractivity contribution is -0.109. The van der Waals surface area contributed by atoms with E-state index in [-0.39, 0.29) is 11.0 Å². The Hall–Kier alpha value is -2.28. The molecule has 0 aliphatic heterocycles. The highest BCUT2D eigenvalue weighted by atomic mass is 79.9. The summed E-state index contributed by atoms with van der Waals surface area (Å²) in [6.45, 7) is 4.64. The van der Waals surface area contributed by atoms with Crippen molar-refractivity contribution in [1.29, 1.82) is 0 Å². The number of carbonyl (C=O) groups is 1. The van der Waals surface area contributed by atoms with Crippen LogP contribution in [-0.4, -0.2) is 28.3 Å². The average Bonchev–Trinajstić information content (AvgIpc) is 2.74. The molecule has 1 aliphatic carbocycles. The molecule has 0 bridgehead atoms. The van der Waals surface area contributed by atoms with Gasteiger partial charge in [-0.15, -0.1) is 0 Å². The van der Waals surface area contributed by atoms with E-state index >= 15 is 0 Å². The molecule has 0 fully saturated rings. The maximum absolute atomic E-state index is 12.0. The Bertz CT molecular complexity index is 846. The molecule has 25 heavy (non-hydrogen) atoms. The monoisotopic (exact) mass is 411 g/mol. The fraction of sp³-hybridized carbons (Fsp3) is 0.333. The van der Waals surface area contributed by atoms with Crippen molar-refractivity contribution < 1.29 is 20.1 Å². The minimum absolute atomic E-state index is 0.0902. The summed E-state index contributed by atoms with van der Waals surface area (Å²) in [6, 6.07) is 3.00. The van der Waals surface area contributed by atoms with Crippen LogP contribution in [-0.2, 0) is 4.79 Å². The van der Waals surface area contributed by atoms with Crippen LogP contribution in [0.25, 0.3) is 11.8 Å². The number of aliphatic hydroxyl groups excluding tert-OH is 2. The van der Waals surface area contributed by atoms with Gasteiger partial charge in [-0.1, -0.05) is 41.4 Å². The number of rotatable bonds is 4. The summed E-state index contributed by atoms with van der Waals surface area (Å²) in [5.74, 6) is -1.37. The molecule has 4 N–H and O–H groups in total. The summed E-state index contributed by atoms with van der Waals surface area (Å²) in [5.41, 5.74) is -0.0204. The number of halogens is 1. The van der Waals surface area contributed by atoms with Crippen LogP contribution in [0.5, 0.6) is 5.75 Å². The van der Waals surface area contributed by atoms with E-state index < -0.39 is 16.9 Å². The average molecular weight is 412 g/mol. The van der Waals surface area contributed by atoms with E-state index in [1.807, 2.05) is 0 Å². The van der Waals surface area contributed by atoms with Gasteiger partial charge in [-0.2, -0.15) is 0 Å². The number of hydrogen-bond donors (Lipinski definition) is 4. The Balaban J connectivity index is 0.000000381. The van der Waals surface area contributed by atoms with E-state index in [2.05, 4.69) is 28.2 Å². The molecular weight excluding hydrogens is 390 g/mol. The largest absolute Gasteiger partial charge is 0.504 e. The van der Waals surface area contributed by atoms with E-state index in [4.69, 9.17) is 0 Å². The van der Waals surface area contributed by atoms with Gasteiger partial charge in [-0.05, 0) is 30.2 Å². The van der Waals surface area contributed by atoms with Crippen molar-refractivity contribution in [2.75, 3.05) is 6.54 Å². The molecule has 0 saturated carbocycles. The highest BCUT2D eigenvalue weighted by molar-refractivity contribution is 9.11. The fourth-order valence-corrected chi connectivity index (χ4v) is 2.54. The van der Waals surface area contributed by atoms with E-state index in [9.17, 15) is 24.9 Å². The molecule has 0 atom stereocenters. The molecule has 1 aliphatic rings. The number of fused-ring (bicyclic) bond motifs is 1. The van der Waals surface area contributed by atoms with Crippen molar-refractivity contribution in [2.24, 2.45) is 0 Å². The summed E-state index contributed by atoms with van der Waals surface area (Å²) in [6.07, 6.45) is 5.01. The first-order valence-electron chi connectivity index (χ1n) is 7.85. The van der Waals surface area contributed by atoms with Crippen molar-refractivity contribution in [3.8, 4) is 5.75 Å². The molecular formula is C18H22BrNO5. The molecule has 7 heteroatoms. The third-order valence-corrected chi connectivity index (χ3v) is 4.17. The Morgan fingerprint density at radius 1 is 1.24 bits per heavy atom. The van der Waals surface area contributed by atoms with Crippen molar-refractivity contribution in [2.45, 2.75) is 33.1 Å². The number of nitrogens with one attached hydrogen (secondary N) is 1. The molecule has 0 spiro atoms. The zero-order chi connectivity index (χ0) is 19.0. The van der Waals surface area contributed by atoms with Crippen molar-refractivity contribution in [3.63, 3.8) is 0 Å². The highest BCUT2D eigenvalue weighted by Gasteiger charge is 2.14. The van der Waals surface area contributed by atoms with E-state index in [0.29, 0.717) is 21.7 Å². The Morgan fingerprint density at radius 2 is 1.92 bits per heavy atom. The molecule has 0 aromatic heterocycles. The van der Waals surface area contributed by atoms with Crippen LogP contribution in [0.4, 0.5) is 0 Å². The van der Waals surface area contributed by atoms with Crippen molar-refractivity contribution >= 4 is 34.2 Å². The number of hydrogen-bond acceptors (Lipinski definition) is 5. The van der Waals surface area contributed by atoms with Gasteiger partial charge in [0.05, 0.1) is 5.22 Å². The molecule has 1 aromatic rings. The standard InChI is InChI=1S/C13H11BrO4.C5H11NO/c1-6-4-7-2-3-8(14)11(16)13(18)10(7)12(17)9(15)5-6;1-2-3-4-6-5-7/h2,4-5,15-16,18H,3H2,1H3;5H,2-4H2,1H3,(H,6,7). The third kappa shape index (κ3) is 5.63. The SMILES string of the molecule is CCCCNC=O.Cc1cc(O)c(=O)c2c(c1)=CCC(Br)=C(O)C=2O. The second-order valence-corrected chi connectivity index (χ2v) is 6.47. The number of allylic oxidation sites excluding steroid dienone is 1. The van der Waals surface area contributed by atoms with Crippen LogP contribution in [0, 0.1) is 6.92 Å². The van der Waals surface area contributed by atoms with Crippen LogP contribution in [0.1, 0.15) is 31.7 Å². The summed E-state index contributed by atoms with van der Waals surface area (Å²) in [5, 5.41) is 32.3. The number of unbranched alkanes of at least 4 members (excludes halogenated alkanes) is 1. The highest BCUT2D eigenvalue weighted by Crippen LogP contribution is 2.20. The minimum atomic E-state index is -0.708. The summed E-state index contributed by atoms with van der Waals surface area (Å²) in [7, 11) is 0. The molecule has 0 saturated heterocycles. The molecule has 136 valence electrons. The van der Waals surface area contributed by atoms with Crippen LogP contribution >= 0.6 is 15.9 Å². The third-order valence-electron chi connectivity index (χ3n) is 3.47. The van der Waals surface area contributed by atoms with Crippen molar-refractivity contribution in [3.05, 3.63) is 48.6 Å². The van der Waals surface area contributed by atoms with Crippen LogP contribution in [0.3, 0.4) is 0 Å². The lowest BCUT2D eigenvalue weighted by Crippen LogP contribution is -2.38. The molecule has 0 radical (unpaired) electrons. The second kappa shape index (κ2) is 9.88. The summed E-state index contributed by atoms with van der Waals surface area (Å²) < 4.78 is 0.385. The molecule has 2 rings (SSSR count). The molecule has 6 nitrogen and oxygen atoms in total. The lowest BCUT2D eigenvalue weighted by atomic mass is 10.2. The zero-order valence-electron chi connectivity index (χ0n) is 14.2. The van der Waals surface area contributed by atoms with Gasteiger partial charge < -0.3 is 20.6 Å². The molecule has 0 heterocycles. The van der Waals surface area contributed by atoms with Crippen LogP contribution in [0.15, 0.2) is 27.2 Å². The quantitative estimate of drug-likeness (QED) is 0.444. The Kier molecular flexibility index (Phi) is 8.21. The van der Waals surface area contributed by atoms with Gasteiger partial charge >= 0.3 is 0 Å². The van der Waals surface area contributed by atoms with E-state index in [1.54, 1.807) is 19.1 Å². The predicted octanol–water partition coefficient (Wildman–Crippen LogP) is 1.61. The lowest BCUT2D eigenvalue weighted by Gasteiger charge is -1.98. The van der Waals surface area contributed by atoms with Gasteiger partial charge in [-0.3, -0.25) is 9.59 Å². The Labute approximate surface area is 154 Å². The normalized spacial score (nSPS) is 13.0. The van der Waals surface area contributed by atoms with Gasteiger partial charge in [0.1, 0.15) is 0 Å². The molecule has 1 amide bonds. The van der Waals surface area contributed by atoms with Crippen molar-refractivity contribution in [1.82, 2.24) is 5.32 Å². The zero-order valence-corrected chi connectivity index (χ0v) is 15.8. The number of aromatic hydroxyl groups is 1. The van der Waals surface area contributed by atoms with Crippen LogP contribution in [0.2, 0.25) is 0 Å². The van der Waals surface area contributed by atoms with E-state index in [0.717, 1.165) is 25.8 Å². The fourth-order valence-electron chi connectivity index (χ4n) is 2.19. The Morgan fingerprint density at radius 3 is 2.52 bits per heavy atom. The van der Waals surface area contributed by atoms with Gasteiger partial charge in [0.15, 0.2) is 17.3 Å². The van der Waals surface area contributed by atoms with E-state index in [1.165, 1.54) is 6.07 Å². The molecule has 1 aromatic carbocycles. The minimum Gasteiger partial charge on any atom is -0.504 e. The van der Waals surface area contributed by atoms with Gasteiger partial charge in [0.25, 0.3) is 0 Å².